The number of hydrogen-bond acceptors (Lipinski definition) is 5. The minimum Gasteiger partial charge on any atom is -0.311 e. The predicted octanol–water partition coefficient (Wildman–Crippen LogP) is 4.89. The number of rotatable bonds is 8. The van der Waals surface area contributed by atoms with Crippen molar-refractivity contribution in [2.24, 2.45) is 0 Å². The molecular weight excluding hydrogens is 444 g/mol. The first-order valence-corrected chi connectivity index (χ1v) is 11.4. The van der Waals surface area contributed by atoms with Crippen molar-refractivity contribution in [1.29, 1.82) is 5.26 Å². The highest BCUT2D eigenvalue weighted by Gasteiger charge is 2.19. The number of carbonyl (C=O) groups excluding carboxylic acids is 1. The van der Waals surface area contributed by atoms with Gasteiger partial charge < -0.3 is 4.90 Å². The fraction of sp³-hybridized carbons (Fsp3) is 0.250. The summed E-state index contributed by atoms with van der Waals surface area (Å²) in [5, 5.41) is 10.4. The zero-order valence-electron chi connectivity index (χ0n) is 18.0. The van der Waals surface area contributed by atoms with Gasteiger partial charge in [0.05, 0.1) is 29.1 Å². The SMILES string of the molecule is C=CCn1c(SCC(=O)N(CCC#N)c2cc(C)cc(C)c2)nc2cc(Cl)ccc2c1=O. The van der Waals surface area contributed by atoms with Crippen LogP contribution in [0.1, 0.15) is 17.5 Å². The van der Waals surface area contributed by atoms with Crippen LogP contribution in [0.15, 0.2) is 59.0 Å². The number of amides is 1. The number of thioether (sulfide) groups is 1. The second-order valence-corrected chi connectivity index (χ2v) is 8.73. The van der Waals surface area contributed by atoms with Gasteiger partial charge in [-0.1, -0.05) is 35.5 Å². The standard InChI is InChI=1S/C24H23ClN4O2S/c1-4-9-29-23(31)20-7-6-18(25)14-21(20)27-24(29)32-15-22(30)28(10-5-8-26)19-12-16(2)11-17(3)13-19/h4,6-7,11-14H,1,5,9-10,15H2,2-3H3. The third-order valence-electron chi connectivity index (χ3n) is 4.79. The van der Waals surface area contributed by atoms with E-state index in [0.717, 1.165) is 16.8 Å². The molecule has 0 N–H and O–H groups in total. The minimum atomic E-state index is -0.211. The number of aryl methyl sites for hydroxylation is 2. The van der Waals surface area contributed by atoms with Crippen molar-refractivity contribution in [2.75, 3.05) is 17.2 Å². The van der Waals surface area contributed by atoms with E-state index in [1.807, 2.05) is 32.0 Å². The van der Waals surface area contributed by atoms with E-state index >= 15 is 0 Å². The highest BCUT2D eigenvalue weighted by Crippen LogP contribution is 2.24. The lowest BCUT2D eigenvalue weighted by atomic mass is 10.1. The molecule has 0 atom stereocenters. The molecular formula is C24H23ClN4O2S. The number of benzene rings is 2. The summed E-state index contributed by atoms with van der Waals surface area (Å²) in [4.78, 5) is 32.3. The van der Waals surface area contributed by atoms with Crippen LogP contribution in [0.2, 0.25) is 5.02 Å². The smallest absolute Gasteiger partial charge is 0.262 e. The molecule has 0 saturated heterocycles. The lowest BCUT2D eigenvalue weighted by molar-refractivity contribution is -0.116. The van der Waals surface area contributed by atoms with Crippen LogP contribution in [-0.2, 0) is 11.3 Å². The molecule has 0 radical (unpaired) electrons. The Kier molecular flexibility index (Phi) is 7.73. The Morgan fingerprint density at radius 2 is 2.00 bits per heavy atom. The molecule has 1 heterocycles. The van der Waals surface area contributed by atoms with Crippen molar-refractivity contribution in [2.45, 2.75) is 32.0 Å². The molecule has 0 aliphatic rings. The summed E-state index contributed by atoms with van der Waals surface area (Å²) in [6.07, 6.45) is 1.84. The van der Waals surface area contributed by atoms with Gasteiger partial charge in [0, 0.05) is 23.8 Å². The van der Waals surface area contributed by atoms with Crippen molar-refractivity contribution in [1.82, 2.24) is 9.55 Å². The molecule has 8 heteroatoms. The lowest BCUT2D eigenvalue weighted by Gasteiger charge is -2.23. The molecule has 2 aromatic carbocycles. The molecule has 0 bridgehead atoms. The van der Waals surface area contributed by atoms with E-state index in [4.69, 9.17) is 16.9 Å². The molecule has 0 fully saturated rings. The molecule has 32 heavy (non-hydrogen) atoms. The van der Waals surface area contributed by atoms with E-state index < -0.39 is 0 Å². The maximum atomic E-state index is 13.2. The van der Waals surface area contributed by atoms with Gasteiger partial charge in [0.25, 0.3) is 5.56 Å². The molecule has 1 amide bonds. The third-order valence-corrected chi connectivity index (χ3v) is 5.98. The summed E-state index contributed by atoms with van der Waals surface area (Å²) in [6, 6.07) is 12.9. The average Bonchev–Trinajstić information content (AvgIpc) is 2.74. The maximum Gasteiger partial charge on any atom is 0.262 e. The zero-order chi connectivity index (χ0) is 23.3. The van der Waals surface area contributed by atoms with Crippen molar-refractivity contribution >= 4 is 45.9 Å². The second kappa shape index (κ2) is 10.5. The molecule has 6 nitrogen and oxygen atoms in total. The number of carbonyl (C=O) groups is 1. The van der Waals surface area contributed by atoms with Gasteiger partial charge in [-0.05, 0) is 55.3 Å². The number of allylic oxidation sites excluding steroid dienone is 1. The summed E-state index contributed by atoms with van der Waals surface area (Å²) >= 11 is 7.26. The molecule has 164 valence electrons. The van der Waals surface area contributed by atoms with Crippen LogP contribution < -0.4 is 10.5 Å². The molecule has 3 rings (SSSR count). The number of hydrogen-bond donors (Lipinski definition) is 0. The third kappa shape index (κ3) is 5.39. The molecule has 0 saturated carbocycles. The fourth-order valence-electron chi connectivity index (χ4n) is 3.44. The molecule has 0 aliphatic heterocycles. The number of halogens is 1. The number of nitrogens with zero attached hydrogens (tertiary/aromatic N) is 4. The molecule has 3 aromatic rings. The van der Waals surface area contributed by atoms with Gasteiger partial charge in [-0.25, -0.2) is 4.98 Å². The number of anilines is 1. The molecule has 1 aromatic heterocycles. The van der Waals surface area contributed by atoms with Crippen LogP contribution in [0, 0.1) is 25.2 Å². The van der Waals surface area contributed by atoms with Gasteiger partial charge in [0.1, 0.15) is 0 Å². The Labute approximate surface area is 196 Å². The van der Waals surface area contributed by atoms with E-state index in [9.17, 15) is 9.59 Å². The van der Waals surface area contributed by atoms with Gasteiger partial charge >= 0.3 is 0 Å². The van der Waals surface area contributed by atoms with Crippen LogP contribution >= 0.6 is 23.4 Å². The highest BCUT2D eigenvalue weighted by atomic mass is 35.5. The normalized spacial score (nSPS) is 10.7. The number of fused-ring (bicyclic) bond motifs is 1. The average molecular weight is 467 g/mol. The lowest BCUT2D eigenvalue weighted by Crippen LogP contribution is -2.33. The minimum absolute atomic E-state index is 0.0636. The van der Waals surface area contributed by atoms with Crippen LogP contribution in [0.4, 0.5) is 5.69 Å². The van der Waals surface area contributed by atoms with Crippen molar-refractivity contribution in [3.63, 3.8) is 0 Å². The first-order chi connectivity index (χ1) is 15.3. The Balaban J connectivity index is 1.93. The number of nitriles is 1. The van der Waals surface area contributed by atoms with E-state index in [2.05, 4.69) is 17.6 Å². The van der Waals surface area contributed by atoms with E-state index in [1.54, 1.807) is 29.2 Å². The Morgan fingerprint density at radius 1 is 1.28 bits per heavy atom. The van der Waals surface area contributed by atoms with Crippen LogP contribution in [0.5, 0.6) is 0 Å². The van der Waals surface area contributed by atoms with E-state index in [0.29, 0.717) is 27.6 Å². The van der Waals surface area contributed by atoms with Gasteiger partial charge in [0.15, 0.2) is 5.16 Å². The maximum absolute atomic E-state index is 13.2. The largest absolute Gasteiger partial charge is 0.311 e. The van der Waals surface area contributed by atoms with E-state index in [1.165, 1.54) is 16.3 Å². The van der Waals surface area contributed by atoms with Gasteiger partial charge in [0.2, 0.25) is 5.91 Å². The van der Waals surface area contributed by atoms with Crippen molar-refractivity contribution in [3.05, 3.63) is 75.6 Å². The quantitative estimate of drug-likeness (QED) is 0.268. The van der Waals surface area contributed by atoms with E-state index in [-0.39, 0.29) is 30.2 Å². The molecule has 0 unspecified atom stereocenters. The summed E-state index contributed by atoms with van der Waals surface area (Å²) in [7, 11) is 0. The Morgan fingerprint density at radius 3 is 2.66 bits per heavy atom. The van der Waals surface area contributed by atoms with Crippen molar-refractivity contribution in [3.8, 4) is 6.07 Å². The highest BCUT2D eigenvalue weighted by molar-refractivity contribution is 7.99. The van der Waals surface area contributed by atoms with Crippen molar-refractivity contribution < 1.29 is 4.79 Å². The Hall–Kier alpha value is -3.08. The Bertz CT molecular complexity index is 1260. The summed E-state index contributed by atoms with van der Waals surface area (Å²) < 4.78 is 1.50. The molecule has 0 aliphatic carbocycles. The summed E-state index contributed by atoms with van der Waals surface area (Å²) in [5.74, 6) is -0.102. The summed E-state index contributed by atoms with van der Waals surface area (Å²) in [5.41, 5.74) is 3.10. The number of aromatic nitrogens is 2. The zero-order valence-corrected chi connectivity index (χ0v) is 19.5. The van der Waals surface area contributed by atoms with Gasteiger partial charge in [-0.15, -0.1) is 6.58 Å². The summed E-state index contributed by atoms with van der Waals surface area (Å²) in [6.45, 7) is 8.22. The fourth-order valence-corrected chi connectivity index (χ4v) is 4.50. The first kappa shape index (κ1) is 23.6. The van der Waals surface area contributed by atoms with Gasteiger partial charge in [-0.3, -0.25) is 14.2 Å². The molecule has 0 spiro atoms. The van der Waals surface area contributed by atoms with Crippen LogP contribution in [0.3, 0.4) is 0 Å². The second-order valence-electron chi connectivity index (χ2n) is 7.35. The predicted molar refractivity (Wildman–Crippen MR) is 130 cm³/mol. The van der Waals surface area contributed by atoms with Crippen LogP contribution in [0.25, 0.3) is 10.9 Å². The first-order valence-electron chi connectivity index (χ1n) is 10.0. The van der Waals surface area contributed by atoms with Gasteiger partial charge in [-0.2, -0.15) is 5.26 Å². The topological polar surface area (TPSA) is 79.0 Å². The monoisotopic (exact) mass is 466 g/mol. The van der Waals surface area contributed by atoms with Crippen LogP contribution in [-0.4, -0.2) is 27.8 Å².